The van der Waals surface area contributed by atoms with E-state index in [-0.39, 0.29) is 11.9 Å². The molecule has 7 nitrogen and oxygen atoms in total. The predicted octanol–water partition coefficient (Wildman–Crippen LogP) is 6.47. The fraction of sp³-hybridized carbons (Fsp3) is 0.233. The zero-order valence-corrected chi connectivity index (χ0v) is 22.7. The number of methoxy groups -OCH3 is 1. The molecule has 8 heteroatoms. The lowest BCUT2D eigenvalue weighted by molar-refractivity contribution is -0.163. The molecule has 0 atom stereocenters. The predicted molar refractivity (Wildman–Crippen MR) is 147 cm³/mol. The summed E-state index contributed by atoms with van der Waals surface area (Å²) < 4.78 is 15.9. The number of rotatable bonds is 9. The number of hydrogen-bond acceptors (Lipinski definition) is 6. The first kappa shape index (κ1) is 30.1. The van der Waals surface area contributed by atoms with Crippen LogP contribution in [0.4, 0.5) is 0 Å². The fourth-order valence-corrected chi connectivity index (χ4v) is 3.23. The molecule has 0 bridgehead atoms. The van der Waals surface area contributed by atoms with Crippen LogP contribution in [0.3, 0.4) is 0 Å². The molecule has 0 amide bonds. The number of hydrogen-bond donors (Lipinski definition) is 1. The Morgan fingerprint density at radius 2 is 1.45 bits per heavy atom. The molecule has 0 fully saturated rings. The molecule has 0 aromatic heterocycles. The number of carbonyl (C=O) groups is 3. The van der Waals surface area contributed by atoms with Gasteiger partial charge in [-0.15, -0.1) is 0 Å². The molecule has 200 valence electrons. The minimum absolute atomic E-state index is 0.110. The molecule has 0 radical (unpaired) electrons. The standard InChI is InChI=1S/C20H21ClO4.C10H10O3/c1-13(2)24-19(23)20(3,4)25-17-11-7-15(8-12-17)18(22)14-5-9-16(21)10-6-14;1-13-9-5-3-2-4-8(9)6-7-10(11)12/h5-13H,1-4H3;2-7H,1H3,(H,11,12). The second-order valence-electron chi connectivity index (χ2n) is 8.84. The Morgan fingerprint density at radius 3 is 1.97 bits per heavy atom. The number of carboxylic acids is 1. The van der Waals surface area contributed by atoms with E-state index in [0.29, 0.717) is 27.6 Å². The summed E-state index contributed by atoms with van der Waals surface area (Å²) in [6.07, 6.45) is 2.37. The molecule has 0 unspecified atom stereocenters. The lowest BCUT2D eigenvalue weighted by atomic mass is 10.0. The van der Waals surface area contributed by atoms with Crippen LogP contribution < -0.4 is 9.47 Å². The topological polar surface area (TPSA) is 99.1 Å². The number of carboxylic acid groups (broad SMARTS) is 1. The van der Waals surface area contributed by atoms with E-state index in [0.717, 1.165) is 11.6 Å². The van der Waals surface area contributed by atoms with Crippen LogP contribution in [0.15, 0.2) is 78.9 Å². The number of esters is 1. The van der Waals surface area contributed by atoms with Crippen molar-refractivity contribution < 1.29 is 33.7 Å². The summed E-state index contributed by atoms with van der Waals surface area (Å²) in [6.45, 7) is 6.85. The first-order chi connectivity index (χ1) is 17.9. The Hall–Kier alpha value is -4.10. The van der Waals surface area contributed by atoms with E-state index >= 15 is 0 Å². The van der Waals surface area contributed by atoms with E-state index in [1.54, 1.807) is 95.5 Å². The molecule has 0 saturated heterocycles. The zero-order chi connectivity index (χ0) is 28.3. The van der Waals surface area contributed by atoms with Crippen LogP contribution in [0, 0.1) is 0 Å². The van der Waals surface area contributed by atoms with Gasteiger partial charge in [-0.05, 0) is 88.4 Å². The zero-order valence-electron chi connectivity index (χ0n) is 21.9. The van der Waals surface area contributed by atoms with Gasteiger partial charge < -0.3 is 19.3 Å². The second-order valence-corrected chi connectivity index (χ2v) is 9.28. The van der Waals surface area contributed by atoms with Crippen molar-refractivity contribution in [2.75, 3.05) is 7.11 Å². The minimum atomic E-state index is -1.12. The fourth-order valence-electron chi connectivity index (χ4n) is 3.10. The highest BCUT2D eigenvalue weighted by Gasteiger charge is 2.32. The highest BCUT2D eigenvalue weighted by Crippen LogP contribution is 2.22. The number of ketones is 1. The van der Waals surface area contributed by atoms with E-state index in [9.17, 15) is 14.4 Å². The molecule has 3 aromatic carbocycles. The Kier molecular flexibility index (Phi) is 11.1. The van der Waals surface area contributed by atoms with Gasteiger partial charge in [0.2, 0.25) is 0 Å². The minimum Gasteiger partial charge on any atom is -0.496 e. The van der Waals surface area contributed by atoms with Gasteiger partial charge in [-0.3, -0.25) is 4.79 Å². The van der Waals surface area contributed by atoms with E-state index in [2.05, 4.69) is 0 Å². The van der Waals surface area contributed by atoms with Crippen LogP contribution in [-0.4, -0.2) is 41.6 Å². The maximum absolute atomic E-state index is 12.4. The maximum atomic E-state index is 12.4. The van der Waals surface area contributed by atoms with Crippen molar-refractivity contribution >= 4 is 35.4 Å². The summed E-state index contributed by atoms with van der Waals surface area (Å²) in [6, 6.07) is 20.6. The Labute approximate surface area is 227 Å². The van der Waals surface area contributed by atoms with Crippen molar-refractivity contribution in [3.05, 3.63) is 101 Å². The van der Waals surface area contributed by atoms with Crippen molar-refractivity contribution in [3.63, 3.8) is 0 Å². The molecule has 0 saturated carbocycles. The second kappa shape index (κ2) is 14.0. The summed E-state index contributed by atoms with van der Waals surface area (Å²) in [5.74, 6) is -0.366. The summed E-state index contributed by atoms with van der Waals surface area (Å²) in [5, 5.41) is 8.99. The normalized spacial score (nSPS) is 10.9. The van der Waals surface area contributed by atoms with Crippen molar-refractivity contribution in [2.45, 2.75) is 39.4 Å². The third-order valence-corrected chi connectivity index (χ3v) is 5.23. The van der Waals surface area contributed by atoms with Gasteiger partial charge in [-0.1, -0.05) is 29.8 Å². The van der Waals surface area contributed by atoms with E-state index in [1.165, 1.54) is 6.08 Å². The van der Waals surface area contributed by atoms with Gasteiger partial charge in [0.05, 0.1) is 13.2 Å². The molecule has 0 aliphatic rings. The number of ether oxygens (including phenoxy) is 3. The van der Waals surface area contributed by atoms with Gasteiger partial charge in [-0.25, -0.2) is 9.59 Å². The lowest BCUT2D eigenvalue weighted by Crippen LogP contribution is -2.40. The van der Waals surface area contributed by atoms with Crippen LogP contribution in [0.5, 0.6) is 11.5 Å². The van der Waals surface area contributed by atoms with Crippen molar-refractivity contribution in [2.24, 2.45) is 0 Å². The summed E-state index contributed by atoms with van der Waals surface area (Å²) >= 11 is 5.84. The van der Waals surface area contributed by atoms with Gasteiger partial charge in [0.1, 0.15) is 11.5 Å². The maximum Gasteiger partial charge on any atom is 0.350 e. The monoisotopic (exact) mass is 538 g/mol. The van der Waals surface area contributed by atoms with Crippen molar-refractivity contribution in [3.8, 4) is 11.5 Å². The summed E-state index contributed by atoms with van der Waals surface area (Å²) in [7, 11) is 1.55. The Bertz CT molecular complexity index is 1260. The Balaban J connectivity index is 0.000000328. The van der Waals surface area contributed by atoms with Crippen LogP contribution in [0.25, 0.3) is 6.08 Å². The molecular weight excluding hydrogens is 508 g/mol. The van der Waals surface area contributed by atoms with Gasteiger partial charge in [-0.2, -0.15) is 0 Å². The first-order valence-electron chi connectivity index (χ1n) is 11.8. The van der Waals surface area contributed by atoms with E-state index < -0.39 is 17.5 Å². The highest BCUT2D eigenvalue weighted by molar-refractivity contribution is 6.30. The number of para-hydroxylation sites is 1. The molecule has 3 rings (SSSR count). The van der Waals surface area contributed by atoms with Gasteiger partial charge >= 0.3 is 11.9 Å². The molecule has 38 heavy (non-hydrogen) atoms. The average molecular weight is 539 g/mol. The van der Waals surface area contributed by atoms with Gasteiger partial charge in [0.15, 0.2) is 11.4 Å². The van der Waals surface area contributed by atoms with Crippen molar-refractivity contribution in [1.29, 1.82) is 0 Å². The molecule has 0 aliphatic heterocycles. The third-order valence-electron chi connectivity index (χ3n) is 4.97. The number of carbonyl (C=O) groups excluding carboxylic acids is 2. The van der Waals surface area contributed by atoms with E-state index in [4.69, 9.17) is 30.9 Å². The summed E-state index contributed by atoms with van der Waals surface area (Å²) in [5.41, 5.74) is 0.718. The van der Waals surface area contributed by atoms with Crippen LogP contribution in [0.1, 0.15) is 49.2 Å². The van der Waals surface area contributed by atoms with Crippen molar-refractivity contribution in [1.82, 2.24) is 0 Å². The van der Waals surface area contributed by atoms with E-state index in [1.807, 2.05) is 12.1 Å². The number of aliphatic carboxylic acids is 1. The van der Waals surface area contributed by atoms with Gasteiger partial charge in [0.25, 0.3) is 0 Å². The largest absolute Gasteiger partial charge is 0.496 e. The molecule has 0 aliphatic carbocycles. The molecule has 0 spiro atoms. The molecule has 1 N–H and O–H groups in total. The van der Waals surface area contributed by atoms with Crippen LogP contribution in [0.2, 0.25) is 5.02 Å². The lowest BCUT2D eigenvalue weighted by Gasteiger charge is -2.25. The number of halogens is 1. The summed E-state index contributed by atoms with van der Waals surface area (Å²) in [4.78, 5) is 34.7. The third kappa shape index (κ3) is 9.41. The van der Waals surface area contributed by atoms with Crippen LogP contribution >= 0.6 is 11.6 Å². The van der Waals surface area contributed by atoms with Crippen LogP contribution in [-0.2, 0) is 14.3 Å². The molecule has 3 aromatic rings. The quantitative estimate of drug-likeness (QED) is 0.189. The smallest absolute Gasteiger partial charge is 0.350 e. The van der Waals surface area contributed by atoms with Gasteiger partial charge in [0, 0.05) is 27.8 Å². The molecular formula is C30H31ClO7. The molecule has 0 heterocycles. The highest BCUT2D eigenvalue weighted by atomic mass is 35.5. The first-order valence-corrected chi connectivity index (χ1v) is 12.1. The Morgan fingerprint density at radius 1 is 0.895 bits per heavy atom. The SMILES string of the molecule is CC(C)OC(=O)C(C)(C)Oc1ccc(C(=O)c2ccc(Cl)cc2)cc1.COc1ccccc1C=CC(=O)O. The average Bonchev–Trinajstić information content (AvgIpc) is 2.88. The number of benzene rings is 3.